The molecule has 0 unspecified atom stereocenters. The summed E-state index contributed by atoms with van der Waals surface area (Å²) in [7, 11) is 0. The number of esters is 1. The van der Waals surface area contributed by atoms with Gasteiger partial charge in [-0.25, -0.2) is 0 Å². The number of ether oxygens (including phenoxy) is 1. The fraction of sp³-hybridized carbons (Fsp3) is 0.565. The van der Waals surface area contributed by atoms with E-state index in [1.54, 1.807) is 4.90 Å². The minimum absolute atomic E-state index is 0.0669. The van der Waals surface area contributed by atoms with Gasteiger partial charge in [0.05, 0.1) is 12.0 Å². The maximum absolute atomic E-state index is 12.6. The van der Waals surface area contributed by atoms with E-state index in [4.69, 9.17) is 4.74 Å². The zero-order chi connectivity index (χ0) is 21.7. The van der Waals surface area contributed by atoms with Crippen LogP contribution in [0.5, 0.6) is 0 Å². The van der Waals surface area contributed by atoms with Crippen molar-refractivity contribution in [2.24, 2.45) is 5.92 Å². The van der Waals surface area contributed by atoms with Crippen molar-refractivity contribution >= 4 is 23.5 Å². The zero-order valence-corrected chi connectivity index (χ0v) is 17.6. The third kappa shape index (κ3) is 4.64. The molecule has 0 radical (unpaired) electrons. The van der Waals surface area contributed by atoms with Gasteiger partial charge in [0, 0.05) is 18.7 Å². The molecule has 1 saturated heterocycles. The molecule has 0 aromatic heterocycles. The first-order chi connectivity index (χ1) is 14.4. The highest BCUT2D eigenvalue weighted by Crippen LogP contribution is 2.34. The highest BCUT2D eigenvalue weighted by atomic mass is 16.5. The van der Waals surface area contributed by atoms with Crippen LogP contribution in [0.4, 0.5) is 5.69 Å². The minimum atomic E-state index is -0.844. The van der Waals surface area contributed by atoms with Crippen LogP contribution in [0.3, 0.4) is 0 Å². The van der Waals surface area contributed by atoms with Crippen molar-refractivity contribution in [2.75, 3.05) is 18.1 Å². The Hall–Kier alpha value is -2.88. The zero-order valence-electron chi connectivity index (χ0n) is 17.6. The van der Waals surface area contributed by atoms with Crippen LogP contribution < -0.4 is 10.2 Å². The number of hydrogen-bond donors (Lipinski definition) is 1. The molecule has 1 aromatic rings. The number of anilines is 1. The van der Waals surface area contributed by atoms with Crippen molar-refractivity contribution in [3.05, 3.63) is 29.8 Å². The van der Waals surface area contributed by atoms with E-state index in [-0.39, 0.29) is 18.9 Å². The highest BCUT2D eigenvalue weighted by molar-refractivity contribution is 6.00. The van der Waals surface area contributed by atoms with Gasteiger partial charge < -0.3 is 15.0 Å². The molecule has 2 amide bonds. The molecule has 160 valence electrons. The van der Waals surface area contributed by atoms with Crippen LogP contribution in [0, 0.1) is 17.2 Å². The summed E-state index contributed by atoms with van der Waals surface area (Å²) in [4.78, 5) is 38.9. The van der Waals surface area contributed by atoms with Gasteiger partial charge in [-0.2, -0.15) is 5.26 Å². The Kier molecular flexibility index (Phi) is 6.76. The van der Waals surface area contributed by atoms with Gasteiger partial charge in [0.1, 0.15) is 5.54 Å². The summed E-state index contributed by atoms with van der Waals surface area (Å²) in [5.74, 6) is -1.46. The number of carbonyl (C=O) groups excluding carboxylic acids is 3. The molecule has 1 heterocycles. The van der Waals surface area contributed by atoms with Crippen LogP contribution in [0.15, 0.2) is 24.3 Å². The fourth-order valence-electron chi connectivity index (χ4n) is 4.27. The van der Waals surface area contributed by atoms with E-state index < -0.39 is 29.9 Å². The van der Waals surface area contributed by atoms with Gasteiger partial charge in [-0.05, 0) is 49.7 Å². The summed E-state index contributed by atoms with van der Waals surface area (Å²) < 4.78 is 5.18. The van der Waals surface area contributed by atoms with Gasteiger partial charge in [0.25, 0.3) is 5.91 Å². The molecular weight excluding hydrogens is 382 g/mol. The number of para-hydroxylation sites is 1. The Bertz CT molecular complexity index is 854. The standard InChI is InChI=1S/C23H29N3O4/c1-3-16(2)18-8-4-5-9-19(18)26-13-17(12-21(26)28)22(29)30-14-20(27)25-23(15-24)10-6-7-11-23/h4-5,8-9,16-17H,3,6-7,10-14H2,1-2H3,(H,25,27)/t16-,17+/m1/s1. The number of amides is 2. The van der Waals surface area contributed by atoms with Crippen molar-refractivity contribution < 1.29 is 19.1 Å². The van der Waals surface area contributed by atoms with Gasteiger partial charge in [0.2, 0.25) is 5.91 Å². The van der Waals surface area contributed by atoms with Crippen molar-refractivity contribution in [1.82, 2.24) is 5.32 Å². The average Bonchev–Trinajstić information content (AvgIpc) is 3.38. The Balaban J connectivity index is 1.58. The van der Waals surface area contributed by atoms with E-state index in [0.717, 1.165) is 30.5 Å². The lowest BCUT2D eigenvalue weighted by atomic mass is 9.96. The fourth-order valence-corrected chi connectivity index (χ4v) is 4.27. The molecular formula is C23H29N3O4. The first-order valence-corrected chi connectivity index (χ1v) is 10.7. The minimum Gasteiger partial charge on any atom is -0.455 e. The summed E-state index contributed by atoms with van der Waals surface area (Å²) in [6, 6.07) is 9.94. The molecule has 7 heteroatoms. The Morgan fingerprint density at radius 2 is 2.03 bits per heavy atom. The van der Waals surface area contributed by atoms with Gasteiger partial charge in [-0.15, -0.1) is 0 Å². The van der Waals surface area contributed by atoms with Crippen LogP contribution in [0.1, 0.15) is 63.9 Å². The summed E-state index contributed by atoms with van der Waals surface area (Å²) in [5, 5.41) is 12.0. The van der Waals surface area contributed by atoms with E-state index in [2.05, 4.69) is 25.2 Å². The van der Waals surface area contributed by atoms with Crippen molar-refractivity contribution in [2.45, 2.75) is 63.8 Å². The molecule has 1 N–H and O–H groups in total. The van der Waals surface area contributed by atoms with Gasteiger partial charge in [-0.3, -0.25) is 14.4 Å². The molecule has 1 aliphatic carbocycles. The SMILES string of the molecule is CC[C@@H](C)c1ccccc1N1C[C@@H](C(=O)OCC(=O)NC2(C#N)CCCC2)CC1=O. The van der Waals surface area contributed by atoms with Crippen LogP contribution >= 0.6 is 0 Å². The molecule has 0 spiro atoms. The van der Waals surface area contributed by atoms with E-state index in [9.17, 15) is 19.6 Å². The molecule has 2 atom stereocenters. The van der Waals surface area contributed by atoms with E-state index in [1.165, 1.54) is 0 Å². The lowest BCUT2D eigenvalue weighted by molar-refractivity contribution is -0.152. The number of nitrogens with zero attached hydrogens (tertiary/aromatic N) is 2. The molecule has 0 bridgehead atoms. The summed E-state index contributed by atoms with van der Waals surface area (Å²) in [6.07, 6.45) is 4.04. The third-order valence-electron chi connectivity index (χ3n) is 6.22. The Labute approximate surface area is 177 Å². The van der Waals surface area contributed by atoms with Crippen LogP contribution in [0.25, 0.3) is 0 Å². The monoisotopic (exact) mass is 411 g/mol. The van der Waals surface area contributed by atoms with E-state index in [1.807, 2.05) is 24.3 Å². The summed E-state index contributed by atoms with van der Waals surface area (Å²) in [5.41, 5.74) is 1.07. The number of hydrogen-bond acceptors (Lipinski definition) is 5. The quantitative estimate of drug-likeness (QED) is 0.695. The van der Waals surface area contributed by atoms with Crippen LogP contribution in [0.2, 0.25) is 0 Å². The molecule has 3 rings (SSSR count). The normalized spacial score (nSPS) is 21.2. The maximum Gasteiger partial charge on any atom is 0.311 e. The smallest absolute Gasteiger partial charge is 0.311 e. The number of carbonyl (C=O) groups is 3. The Morgan fingerprint density at radius 1 is 1.33 bits per heavy atom. The summed E-state index contributed by atoms with van der Waals surface area (Å²) >= 11 is 0. The largest absolute Gasteiger partial charge is 0.455 e. The predicted molar refractivity (Wildman–Crippen MR) is 112 cm³/mol. The molecule has 7 nitrogen and oxygen atoms in total. The topological polar surface area (TPSA) is 99.5 Å². The predicted octanol–water partition coefficient (Wildman–Crippen LogP) is 3.05. The van der Waals surface area contributed by atoms with E-state index in [0.29, 0.717) is 18.8 Å². The lowest BCUT2D eigenvalue weighted by Gasteiger charge is -2.23. The number of nitrogens with one attached hydrogen (secondary N) is 1. The second-order valence-corrected chi connectivity index (χ2v) is 8.33. The van der Waals surface area contributed by atoms with Crippen LogP contribution in [-0.2, 0) is 19.1 Å². The first-order valence-electron chi connectivity index (χ1n) is 10.7. The number of benzene rings is 1. The van der Waals surface area contributed by atoms with E-state index >= 15 is 0 Å². The van der Waals surface area contributed by atoms with Crippen molar-refractivity contribution in [3.63, 3.8) is 0 Å². The molecule has 2 aliphatic rings. The number of nitriles is 1. The number of rotatable bonds is 7. The first kappa shape index (κ1) is 21.8. The van der Waals surface area contributed by atoms with Crippen molar-refractivity contribution in [1.29, 1.82) is 5.26 Å². The molecule has 1 aliphatic heterocycles. The second-order valence-electron chi connectivity index (χ2n) is 8.33. The van der Waals surface area contributed by atoms with Crippen LogP contribution in [-0.4, -0.2) is 36.5 Å². The Morgan fingerprint density at radius 3 is 2.70 bits per heavy atom. The van der Waals surface area contributed by atoms with Crippen molar-refractivity contribution in [3.8, 4) is 6.07 Å². The highest BCUT2D eigenvalue weighted by Gasteiger charge is 2.38. The van der Waals surface area contributed by atoms with Gasteiger partial charge >= 0.3 is 5.97 Å². The maximum atomic E-state index is 12.6. The molecule has 1 saturated carbocycles. The second kappa shape index (κ2) is 9.29. The lowest BCUT2D eigenvalue weighted by Crippen LogP contribution is -2.47. The molecule has 30 heavy (non-hydrogen) atoms. The third-order valence-corrected chi connectivity index (χ3v) is 6.22. The average molecular weight is 412 g/mol. The molecule has 2 fully saturated rings. The van der Waals surface area contributed by atoms with Gasteiger partial charge in [0.15, 0.2) is 6.61 Å². The van der Waals surface area contributed by atoms with Gasteiger partial charge in [-0.1, -0.05) is 32.0 Å². The summed E-state index contributed by atoms with van der Waals surface area (Å²) in [6.45, 7) is 4.02. The molecule has 1 aromatic carbocycles.